The molecule has 2 heterocycles. The molecule has 2 aliphatic heterocycles. The molecule has 9 heteroatoms. The van der Waals surface area contributed by atoms with Gasteiger partial charge in [0.2, 0.25) is 0 Å². The number of benzene rings is 3. The van der Waals surface area contributed by atoms with Crippen LogP contribution in [0.5, 0.6) is 0 Å². The van der Waals surface area contributed by atoms with Gasteiger partial charge in [0.25, 0.3) is 11.8 Å². The highest BCUT2D eigenvalue weighted by Gasteiger charge is 2.91. The average Bonchev–Trinajstić information content (AvgIpc) is 3.38. The second-order valence-electron chi connectivity index (χ2n) is 9.44. The normalized spacial score (nSPS) is 26.8. The Labute approximate surface area is 210 Å². The van der Waals surface area contributed by atoms with Crippen molar-refractivity contribution in [3.05, 3.63) is 96.1 Å². The number of carbonyl (C=O) groups is 2. The fraction of sp³-hybridized carbons (Fsp3) is 0.214. The van der Waals surface area contributed by atoms with E-state index in [2.05, 4.69) is 10.2 Å². The van der Waals surface area contributed by atoms with Gasteiger partial charge in [-0.3, -0.25) is 9.59 Å². The molecule has 0 unspecified atom stereocenters. The molecule has 186 valence electrons. The average molecular weight is 502 g/mol. The minimum atomic E-state index is -4.51. The minimum absolute atomic E-state index is 0.404. The molecule has 0 radical (unpaired) electrons. The van der Waals surface area contributed by atoms with E-state index in [0.29, 0.717) is 28.4 Å². The van der Waals surface area contributed by atoms with E-state index in [4.69, 9.17) is 0 Å². The number of rotatable bonds is 3. The van der Waals surface area contributed by atoms with E-state index < -0.39 is 40.3 Å². The lowest BCUT2D eigenvalue weighted by molar-refractivity contribution is -0.137. The van der Waals surface area contributed by atoms with Gasteiger partial charge in [-0.25, -0.2) is 0 Å². The Morgan fingerprint density at radius 1 is 0.676 bits per heavy atom. The number of carbonyl (C=O) groups excluding carboxylic acids is 2. The lowest BCUT2D eigenvalue weighted by Crippen LogP contribution is -2.40. The first-order valence-corrected chi connectivity index (χ1v) is 11.7. The molecule has 0 bridgehead atoms. The van der Waals surface area contributed by atoms with Crippen molar-refractivity contribution in [2.45, 2.75) is 25.9 Å². The highest BCUT2D eigenvalue weighted by molar-refractivity contribution is 6.37. The first kappa shape index (κ1) is 23.1. The molecule has 0 saturated heterocycles. The number of para-hydroxylation sites is 2. The number of fused-ring (bicyclic) bond motifs is 1. The number of hydrogen-bond donors (Lipinski definition) is 0. The summed E-state index contributed by atoms with van der Waals surface area (Å²) in [6.45, 7) is 3.39. The molecule has 2 atom stereocenters. The van der Waals surface area contributed by atoms with Gasteiger partial charge >= 0.3 is 6.18 Å². The largest absolute Gasteiger partial charge is 0.416 e. The Bertz CT molecular complexity index is 1400. The molecule has 6 nitrogen and oxygen atoms in total. The molecule has 0 N–H and O–H groups in total. The second kappa shape index (κ2) is 7.61. The third-order valence-corrected chi connectivity index (χ3v) is 7.68. The van der Waals surface area contributed by atoms with Crippen LogP contribution in [0, 0.1) is 10.8 Å². The Morgan fingerprint density at radius 2 is 1.08 bits per heavy atom. The first-order chi connectivity index (χ1) is 17.6. The number of nitrogens with zero attached hydrogens (tertiary/aromatic N) is 4. The minimum Gasteiger partial charge on any atom is -0.271 e. The predicted octanol–water partition coefficient (Wildman–Crippen LogP) is 5.62. The van der Waals surface area contributed by atoms with Crippen molar-refractivity contribution in [2.75, 3.05) is 10.0 Å². The third kappa shape index (κ3) is 2.88. The molecule has 1 aliphatic carbocycles. The van der Waals surface area contributed by atoms with Gasteiger partial charge in [0.15, 0.2) is 0 Å². The van der Waals surface area contributed by atoms with E-state index in [0.717, 1.165) is 12.1 Å². The molecule has 3 aromatic carbocycles. The summed E-state index contributed by atoms with van der Waals surface area (Å²) in [4.78, 5) is 28.4. The van der Waals surface area contributed by atoms with Crippen LogP contribution in [0.4, 0.5) is 24.5 Å². The van der Waals surface area contributed by atoms with Crippen LogP contribution in [0.2, 0.25) is 0 Å². The summed E-state index contributed by atoms with van der Waals surface area (Å²) < 4.78 is 39.9. The van der Waals surface area contributed by atoms with E-state index in [-0.39, 0.29) is 0 Å². The zero-order chi connectivity index (χ0) is 26.2. The molecule has 1 fully saturated rings. The van der Waals surface area contributed by atoms with Crippen LogP contribution < -0.4 is 10.0 Å². The van der Waals surface area contributed by atoms with Crippen LogP contribution in [0.1, 0.15) is 30.9 Å². The summed E-state index contributed by atoms with van der Waals surface area (Å²) in [5.41, 5.74) is -1.25. The number of hydrazone groups is 2. The van der Waals surface area contributed by atoms with Crippen molar-refractivity contribution in [1.82, 2.24) is 0 Å². The Balaban J connectivity index is 1.52. The van der Waals surface area contributed by atoms with Crippen molar-refractivity contribution in [1.29, 1.82) is 0 Å². The summed E-state index contributed by atoms with van der Waals surface area (Å²) in [6, 6.07) is 22.4. The molecule has 2 spiro atoms. The SMILES string of the molecule is CC1=NN(c2ccccc2)C(=O)[C@]12C(c1ccc(C(F)(F)F)cc1)[C@]21C(=O)N(c2ccccc2)N=C1C. The molecule has 3 aromatic rings. The number of hydrogen-bond acceptors (Lipinski definition) is 4. The van der Waals surface area contributed by atoms with Gasteiger partial charge in [-0.2, -0.15) is 33.4 Å². The quantitative estimate of drug-likeness (QED) is 0.467. The molecule has 3 aliphatic rings. The van der Waals surface area contributed by atoms with Gasteiger partial charge < -0.3 is 0 Å². The first-order valence-electron chi connectivity index (χ1n) is 11.7. The zero-order valence-corrected chi connectivity index (χ0v) is 19.9. The molecular formula is C28H21F3N4O2. The van der Waals surface area contributed by atoms with Gasteiger partial charge in [-0.05, 0) is 55.8 Å². The smallest absolute Gasteiger partial charge is 0.271 e. The maximum Gasteiger partial charge on any atom is 0.416 e. The summed E-state index contributed by atoms with van der Waals surface area (Å²) in [7, 11) is 0. The summed E-state index contributed by atoms with van der Waals surface area (Å²) >= 11 is 0. The van der Waals surface area contributed by atoms with E-state index in [9.17, 15) is 22.8 Å². The highest BCUT2D eigenvalue weighted by Crippen LogP contribution is 2.79. The molecule has 0 aromatic heterocycles. The summed E-state index contributed by atoms with van der Waals surface area (Å²) in [6.07, 6.45) is -4.51. The van der Waals surface area contributed by atoms with E-state index in [1.165, 1.54) is 22.2 Å². The van der Waals surface area contributed by atoms with Crippen molar-refractivity contribution in [2.24, 2.45) is 21.0 Å². The predicted molar refractivity (Wildman–Crippen MR) is 133 cm³/mol. The molecular weight excluding hydrogens is 481 g/mol. The maximum absolute atomic E-state index is 14.2. The van der Waals surface area contributed by atoms with Crippen LogP contribution in [-0.2, 0) is 15.8 Å². The zero-order valence-electron chi connectivity index (χ0n) is 19.9. The van der Waals surface area contributed by atoms with Gasteiger partial charge in [-0.15, -0.1) is 0 Å². The van der Waals surface area contributed by atoms with Crippen LogP contribution in [0.15, 0.2) is 95.1 Å². The topological polar surface area (TPSA) is 65.3 Å². The Hall–Kier alpha value is -4.27. The number of halogens is 3. The monoisotopic (exact) mass is 502 g/mol. The number of amides is 2. The van der Waals surface area contributed by atoms with Gasteiger partial charge in [-0.1, -0.05) is 48.5 Å². The third-order valence-electron chi connectivity index (χ3n) is 7.68. The lowest BCUT2D eigenvalue weighted by Gasteiger charge is -2.18. The van der Waals surface area contributed by atoms with Crippen LogP contribution in [0.3, 0.4) is 0 Å². The van der Waals surface area contributed by atoms with Gasteiger partial charge in [0.05, 0.1) is 28.4 Å². The standard InChI is InChI=1S/C28H21F3N4O2/c1-17-26(24(36)34(32-17)21-9-5-3-6-10-21)23(19-13-15-20(16-14-19)28(29,30)31)27(26)18(2)33-35(25(27)37)22-11-7-4-8-12-22/h3-16,23H,1-2H3/t26-,27-/m1/s1. The van der Waals surface area contributed by atoms with Crippen LogP contribution in [-0.4, -0.2) is 23.2 Å². The van der Waals surface area contributed by atoms with Crippen molar-refractivity contribution >= 4 is 34.6 Å². The van der Waals surface area contributed by atoms with Gasteiger partial charge in [0.1, 0.15) is 10.8 Å². The highest BCUT2D eigenvalue weighted by atomic mass is 19.4. The van der Waals surface area contributed by atoms with E-state index >= 15 is 0 Å². The lowest BCUT2D eigenvalue weighted by atomic mass is 9.85. The number of alkyl halides is 3. The van der Waals surface area contributed by atoms with Crippen molar-refractivity contribution < 1.29 is 22.8 Å². The molecule has 6 rings (SSSR count). The number of anilines is 2. The summed E-state index contributed by atoms with van der Waals surface area (Å²) in [5.74, 6) is -1.57. The fourth-order valence-electron chi connectivity index (χ4n) is 6.09. The Morgan fingerprint density at radius 3 is 1.46 bits per heavy atom. The summed E-state index contributed by atoms with van der Waals surface area (Å²) in [5, 5.41) is 11.7. The fourth-order valence-corrected chi connectivity index (χ4v) is 6.09. The van der Waals surface area contributed by atoms with E-state index in [1.54, 1.807) is 62.4 Å². The van der Waals surface area contributed by atoms with E-state index in [1.807, 2.05) is 12.1 Å². The maximum atomic E-state index is 14.2. The molecule has 37 heavy (non-hydrogen) atoms. The van der Waals surface area contributed by atoms with Crippen LogP contribution >= 0.6 is 0 Å². The Kier molecular flexibility index (Phi) is 4.76. The van der Waals surface area contributed by atoms with Gasteiger partial charge in [0, 0.05) is 5.92 Å². The van der Waals surface area contributed by atoms with Crippen molar-refractivity contribution in [3.63, 3.8) is 0 Å². The second-order valence-corrected chi connectivity index (χ2v) is 9.44. The molecule has 1 saturated carbocycles. The van der Waals surface area contributed by atoms with Crippen molar-refractivity contribution in [3.8, 4) is 0 Å². The van der Waals surface area contributed by atoms with Crippen LogP contribution in [0.25, 0.3) is 0 Å². The molecule has 2 amide bonds.